The van der Waals surface area contributed by atoms with Gasteiger partial charge in [-0.3, -0.25) is 10.1 Å². The molecule has 0 saturated carbocycles. The SMILES string of the molecule is COc1ncccc1CNc1nc(Cl)ncc1[N+](=O)[O-]. The van der Waals surface area contributed by atoms with Gasteiger partial charge in [-0.05, 0) is 17.7 Å². The molecule has 2 aromatic heterocycles. The molecule has 1 N–H and O–H groups in total. The largest absolute Gasteiger partial charge is 0.481 e. The van der Waals surface area contributed by atoms with Crippen molar-refractivity contribution in [1.29, 1.82) is 0 Å². The molecular weight excluding hydrogens is 286 g/mol. The molecule has 9 heteroatoms. The first-order valence-corrected chi connectivity index (χ1v) is 5.88. The predicted molar refractivity (Wildman–Crippen MR) is 71.8 cm³/mol. The number of nitro groups is 1. The molecule has 0 unspecified atom stereocenters. The zero-order chi connectivity index (χ0) is 14.5. The smallest absolute Gasteiger partial charge is 0.329 e. The number of halogens is 1. The zero-order valence-corrected chi connectivity index (χ0v) is 11.2. The van der Waals surface area contributed by atoms with Crippen LogP contribution in [0.5, 0.6) is 5.88 Å². The number of anilines is 1. The van der Waals surface area contributed by atoms with Crippen LogP contribution in [0.1, 0.15) is 5.56 Å². The lowest BCUT2D eigenvalue weighted by Gasteiger charge is -2.08. The number of methoxy groups -OCH3 is 1. The quantitative estimate of drug-likeness (QED) is 0.511. The predicted octanol–water partition coefficient (Wildman–Crippen LogP) is 2.05. The zero-order valence-electron chi connectivity index (χ0n) is 10.4. The first-order chi connectivity index (χ1) is 9.61. The van der Waals surface area contributed by atoms with Crippen molar-refractivity contribution < 1.29 is 9.66 Å². The van der Waals surface area contributed by atoms with Crippen molar-refractivity contribution in [2.24, 2.45) is 0 Å². The van der Waals surface area contributed by atoms with Crippen LogP contribution in [0.15, 0.2) is 24.5 Å². The number of pyridine rings is 1. The number of nitrogens with one attached hydrogen (secondary N) is 1. The Labute approximate surface area is 118 Å². The molecule has 0 bridgehead atoms. The molecule has 0 saturated heterocycles. The second-order valence-corrected chi connectivity index (χ2v) is 3.99. The van der Waals surface area contributed by atoms with Gasteiger partial charge in [0.15, 0.2) is 0 Å². The van der Waals surface area contributed by atoms with E-state index < -0.39 is 4.92 Å². The van der Waals surface area contributed by atoms with Crippen molar-refractivity contribution in [3.63, 3.8) is 0 Å². The normalized spacial score (nSPS) is 10.1. The Bertz CT molecular complexity index is 637. The highest BCUT2D eigenvalue weighted by molar-refractivity contribution is 6.28. The van der Waals surface area contributed by atoms with Crippen LogP contribution in [0.3, 0.4) is 0 Å². The summed E-state index contributed by atoms with van der Waals surface area (Å²) in [7, 11) is 1.50. The molecule has 0 fully saturated rings. The third-order valence-corrected chi connectivity index (χ3v) is 2.61. The van der Waals surface area contributed by atoms with Crippen molar-refractivity contribution in [2.45, 2.75) is 6.54 Å². The van der Waals surface area contributed by atoms with Crippen molar-refractivity contribution in [3.8, 4) is 5.88 Å². The highest BCUT2D eigenvalue weighted by atomic mass is 35.5. The molecule has 104 valence electrons. The van der Waals surface area contributed by atoms with Crippen LogP contribution in [0.4, 0.5) is 11.5 Å². The Kier molecular flexibility index (Phi) is 4.26. The van der Waals surface area contributed by atoms with E-state index in [1.54, 1.807) is 18.3 Å². The van der Waals surface area contributed by atoms with E-state index in [1.165, 1.54) is 7.11 Å². The minimum absolute atomic E-state index is 0.0425. The molecule has 2 rings (SSSR count). The fourth-order valence-corrected chi connectivity index (χ4v) is 1.67. The topological polar surface area (TPSA) is 103 Å². The Morgan fingerprint density at radius 3 is 3.00 bits per heavy atom. The summed E-state index contributed by atoms with van der Waals surface area (Å²) >= 11 is 5.64. The molecule has 0 aliphatic rings. The van der Waals surface area contributed by atoms with Gasteiger partial charge in [-0.15, -0.1) is 0 Å². The van der Waals surface area contributed by atoms with Gasteiger partial charge in [0, 0.05) is 18.3 Å². The van der Waals surface area contributed by atoms with E-state index in [2.05, 4.69) is 20.3 Å². The molecule has 8 nitrogen and oxygen atoms in total. The van der Waals surface area contributed by atoms with Crippen LogP contribution in [0.25, 0.3) is 0 Å². The average Bonchev–Trinajstić information content (AvgIpc) is 2.45. The third kappa shape index (κ3) is 3.09. The highest BCUT2D eigenvalue weighted by Gasteiger charge is 2.17. The molecular formula is C11H10ClN5O3. The molecule has 0 atom stereocenters. The lowest BCUT2D eigenvalue weighted by Crippen LogP contribution is -2.07. The van der Waals surface area contributed by atoms with Crippen LogP contribution in [-0.2, 0) is 6.54 Å². The van der Waals surface area contributed by atoms with Gasteiger partial charge in [-0.2, -0.15) is 4.98 Å². The fourth-order valence-electron chi connectivity index (χ4n) is 1.54. The van der Waals surface area contributed by atoms with Gasteiger partial charge in [0.25, 0.3) is 0 Å². The molecule has 0 radical (unpaired) electrons. The summed E-state index contributed by atoms with van der Waals surface area (Å²) in [5.74, 6) is 0.476. The van der Waals surface area contributed by atoms with Gasteiger partial charge in [0.05, 0.1) is 12.0 Å². The Morgan fingerprint density at radius 1 is 1.50 bits per heavy atom. The molecule has 0 aliphatic carbocycles. The molecule has 20 heavy (non-hydrogen) atoms. The first-order valence-electron chi connectivity index (χ1n) is 5.50. The number of hydrogen-bond acceptors (Lipinski definition) is 7. The monoisotopic (exact) mass is 295 g/mol. The lowest BCUT2D eigenvalue weighted by atomic mass is 10.2. The third-order valence-electron chi connectivity index (χ3n) is 2.43. The van der Waals surface area contributed by atoms with Crippen molar-refractivity contribution >= 4 is 23.1 Å². The van der Waals surface area contributed by atoms with E-state index in [1.807, 2.05) is 0 Å². The van der Waals surface area contributed by atoms with Gasteiger partial charge < -0.3 is 10.1 Å². The van der Waals surface area contributed by atoms with Crippen LogP contribution in [0.2, 0.25) is 5.28 Å². The molecule has 0 amide bonds. The van der Waals surface area contributed by atoms with E-state index in [9.17, 15) is 10.1 Å². The summed E-state index contributed by atoms with van der Waals surface area (Å²) in [6.07, 6.45) is 2.64. The maximum absolute atomic E-state index is 10.9. The van der Waals surface area contributed by atoms with Crippen LogP contribution in [0, 0.1) is 10.1 Å². The summed E-state index contributed by atoms with van der Waals surface area (Å²) in [5, 5.41) is 13.6. The van der Waals surface area contributed by atoms with Gasteiger partial charge in [0.2, 0.25) is 17.0 Å². The molecule has 0 spiro atoms. The Morgan fingerprint density at radius 2 is 2.30 bits per heavy atom. The number of nitrogens with zero attached hydrogens (tertiary/aromatic N) is 4. The van der Waals surface area contributed by atoms with Crippen molar-refractivity contribution in [2.75, 3.05) is 12.4 Å². The van der Waals surface area contributed by atoms with Gasteiger partial charge >= 0.3 is 5.69 Å². The molecule has 0 aromatic carbocycles. The average molecular weight is 296 g/mol. The molecule has 2 heterocycles. The van der Waals surface area contributed by atoms with E-state index in [-0.39, 0.29) is 23.3 Å². The fraction of sp³-hybridized carbons (Fsp3) is 0.182. The van der Waals surface area contributed by atoms with Crippen molar-refractivity contribution in [3.05, 3.63) is 45.5 Å². The van der Waals surface area contributed by atoms with E-state index >= 15 is 0 Å². The van der Waals surface area contributed by atoms with Gasteiger partial charge in [-0.1, -0.05) is 6.07 Å². The highest BCUT2D eigenvalue weighted by Crippen LogP contribution is 2.23. The number of aromatic nitrogens is 3. The first kappa shape index (κ1) is 13.9. The summed E-state index contributed by atoms with van der Waals surface area (Å²) in [6.45, 7) is 0.255. The Hall–Kier alpha value is -2.48. The van der Waals surface area contributed by atoms with Gasteiger partial charge in [0.1, 0.15) is 6.20 Å². The summed E-state index contributed by atoms with van der Waals surface area (Å²) in [4.78, 5) is 21.7. The summed E-state index contributed by atoms with van der Waals surface area (Å²) < 4.78 is 5.09. The van der Waals surface area contributed by atoms with E-state index in [0.717, 1.165) is 11.8 Å². The number of ether oxygens (including phenoxy) is 1. The summed E-state index contributed by atoms with van der Waals surface area (Å²) in [6, 6.07) is 3.52. The standard InChI is InChI=1S/C11H10ClN5O3/c1-20-10-7(3-2-4-13-10)5-14-9-8(17(18)19)6-15-11(12)16-9/h2-4,6H,5H2,1H3,(H,14,15,16). The molecule has 0 aliphatic heterocycles. The number of rotatable bonds is 5. The second kappa shape index (κ2) is 6.11. The second-order valence-electron chi connectivity index (χ2n) is 3.66. The lowest BCUT2D eigenvalue weighted by molar-refractivity contribution is -0.384. The summed E-state index contributed by atoms with van der Waals surface area (Å²) in [5.41, 5.74) is 0.483. The molecule has 2 aromatic rings. The van der Waals surface area contributed by atoms with Crippen LogP contribution < -0.4 is 10.1 Å². The van der Waals surface area contributed by atoms with E-state index in [0.29, 0.717) is 5.88 Å². The minimum Gasteiger partial charge on any atom is -0.481 e. The van der Waals surface area contributed by atoms with Crippen LogP contribution >= 0.6 is 11.6 Å². The van der Waals surface area contributed by atoms with Crippen molar-refractivity contribution in [1.82, 2.24) is 15.0 Å². The van der Waals surface area contributed by atoms with E-state index in [4.69, 9.17) is 16.3 Å². The number of hydrogen-bond donors (Lipinski definition) is 1. The maximum atomic E-state index is 10.9. The van der Waals surface area contributed by atoms with Crippen LogP contribution in [-0.4, -0.2) is 27.0 Å². The maximum Gasteiger partial charge on any atom is 0.329 e. The Balaban J connectivity index is 2.22. The minimum atomic E-state index is -0.584. The van der Waals surface area contributed by atoms with Gasteiger partial charge in [-0.25, -0.2) is 9.97 Å².